The highest BCUT2D eigenvalue weighted by Gasteiger charge is 2.20. The van der Waals surface area contributed by atoms with E-state index in [2.05, 4.69) is 20.0 Å². The average molecular weight is 344 g/mol. The first kappa shape index (κ1) is 15.5. The van der Waals surface area contributed by atoms with E-state index in [1.807, 2.05) is 25.3 Å². The Balaban J connectivity index is 1.54. The molecule has 6 nitrogen and oxygen atoms in total. The summed E-state index contributed by atoms with van der Waals surface area (Å²) in [6.45, 7) is 4.83. The third kappa shape index (κ3) is 3.13. The summed E-state index contributed by atoms with van der Waals surface area (Å²) in [6, 6.07) is 4.05. The number of nitrogens with zero attached hydrogens (tertiary/aromatic N) is 4. The first-order valence-corrected chi connectivity index (χ1v) is 9.32. The molecule has 2 aromatic heterocycles. The van der Waals surface area contributed by atoms with Crippen LogP contribution in [0.25, 0.3) is 16.3 Å². The van der Waals surface area contributed by atoms with Crippen LogP contribution in [0.3, 0.4) is 0 Å². The number of hydrogen-bond donors (Lipinski definition) is 0. The molecule has 0 aliphatic carbocycles. The molecular weight excluding hydrogens is 324 g/mol. The fraction of sp³-hybridized carbons (Fsp3) is 0.471. The average Bonchev–Trinajstić information content (AvgIpc) is 3.13. The highest BCUT2D eigenvalue weighted by atomic mass is 32.2. The Bertz CT molecular complexity index is 735. The topological polar surface area (TPSA) is 64.3 Å². The second-order valence-electron chi connectivity index (χ2n) is 5.96. The maximum atomic E-state index is 5.56. The molecule has 0 aromatic carbocycles. The summed E-state index contributed by atoms with van der Waals surface area (Å²) in [5, 5.41) is 4.10. The van der Waals surface area contributed by atoms with Crippen molar-refractivity contribution in [2.45, 2.75) is 26.2 Å². The van der Waals surface area contributed by atoms with Crippen molar-refractivity contribution in [2.24, 2.45) is 0 Å². The number of piperidine rings is 1. The van der Waals surface area contributed by atoms with Gasteiger partial charge in [0, 0.05) is 30.6 Å². The molecule has 126 valence electrons. The van der Waals surface area contributed by atoms with E-state index >= 15 is 0 Å². The molecule has 0 spiro atoms. The van der Waals surface area contributed by atoms with Crippen molar-refractivity contribution in [1.82, 2.24) is 15.1 Å². The van der Waals surface area contributed by atoms with Gasteiger partial charge in [0.05, 0.1) is 6.61 Å². The summed E-state index contributed by atoms with van der Waals surface area (Å²) in [5.41, 5.74) is 0.866. The van der Waals surface area contributed by atoms with Crippen LogP contribution in [0.1, 0.15) is 32.1 Å². The molecule has 2 aliphatic rings. The molecule has 0 amide bonds. The van der Waals surface area contributed by atoms with Crippen LogP contribution in [0.15, 0.2) is 28.6 Å². The molecule has 2 aromatic rings. The van der Waals surface area contributed by atoms with Gasteiger partial charge in [-0.05, 0) is 38.3 Å². The summed E-state index contributed by atoms with van der Waals surface area (Å²) >= 11 is 1.69. The molecule has 4 rings (SSSR count). The third-order valence-corrected chi connectivity index (χ3v) is 5.40. The lowest BCUT2D eigenvalue weighted by molar-refractivity contribution is 0.233. The van der Waals surface area contributed by atoms with Crippen LogP contribution >= 0.6 is 11.8 Å². The standard InChI is InChI=1S/C17H20N4O2S/c1-12-15(24-10-9-22-12)17-19-16(20-23-17)13-5-6-14(18-11-13)21-7-3-2-4-8-21/h5-6,11H,2-4,7-10H2,1H3. The smallest absolute Gasteiger partial charge is 0.268 e. The van der Waals surface area contributed by atoms with E-state index in [4.69, 9.17) is 9.26 Å². The summed E-state index contributed by atoms with van der Waals surface area (Å²) in [7, 11) is 0. The zero-order valence-electron chi connectivity index (χ0n) is 13.7. The highest BCUT2D eigenvalue weighted by Crippen LogP contribution is 2.34. The zero-order valence-corrected chi connectivity index (χ0v) is 14.5. The van der Waals surface area contributed by atoms with Gasteiger partial charge >= 0.3 is 0 Å². The number of aromatic nitrogens is 3. The van der Waals surface area contributed by atoms with E-state index in [-0.39, 0.29) is 0 Å². The monoisotopic (exact) mass is 344 g/mol. The maximum absolute atomic E-state index is 5.56. The van der Waals surface area contributed by atoms with E-state index in [0.717, 1.165) is 47.5 Å². The third-order valence-electron chi connectivity index (χ3n) is 4.27. The number of ether oxygens (including phenoxy) is 1. The van der Waals surface area contributed by atoms with Crippen LogP contribution in [0.5, 0.6) is 0 Å². The Kier molecular flexibility index (Phi) is 4.42. The van der Waals surface area contributed by atoms with Crippen molar-refractivity contribution in [3.8, 4) is 11.4 Å². The Labute approximate surface area is 145 Å². The first-order valence-electron chi connectivity index (χ1n) is 8.33. The summed E-state index contributed by atoms with van der Waals surface area (Å²) < 4.78 is 11.0. The van der Waals surface area contributed by atoms with E-state index < -0.39 is 0 Å². The molecule has 0 atom stereocenters. The number of anilines is 1. The van der Waals surface area contributed by atoms with Crippen molar-refractivity contribution < 1.29 is 9.26 Å². The van der Waals surface area contributed by atoms with Gasteiger partial charge in [-0.3, -0.25) is 0 Å². The number of hydrogen-bond acceptors (Lipinski definition) is 7. The SMILES string of the molecule is CC1=C(c2nc(-c3ccc(N4CCCCC4)nc3)no2)SCCO1. The van der Waals surface area contributed by atoms with Crippen LogP contribution in [-0.4, -0.2) is 40.6 Å². The molecule has 0 radical (unpaired) electrons. The number of rotatable bonds is 3. The zero-order chi connectivity index (χ0) is 16.4. The summed E-state index contributed by atoms with van der Waals surface area (Å²) in [5.74, 6) is 3.86. The quantitative estimate of drug-likeness (QED) is 0.843. The van der Waals surface area contributed by atoms with Crippen molar-refractivity contribution >= 4 is 22.5 Å². The van der Waals surface area contributed by atoms with Crippen LogP contribution in [-0.2, 0) is 4.74 Å². The van der Waals surface area contributed by atoms with Crippen LogP contribution in [0.2, 0.25) is 0 Å². The molecule has 4 heterocycles. The minimum absolute atomic E-state index is 0.521. The Morgan fingerprint density at radius 2 is 2.04 bits per heavy atom. The van der Waals surface area contributed by atoms with Crippen molar-refractivity contribution in [1.29, 1.82) is 0 Å². The normalized spacial score (nSPS) is 18.6. The van der Waals surface area contributed by atoms with Crippen LogP contribution in [0.4, 0.5) is 5.82 Å². The van der Waals surface area contributed by atoms with Gasteiger partial charge in [0.2, 0.25) is 5.82 Å². The lowest BCUT2D eigenvalue weighted by atomic mass is 10.1. The van der Waals surface area contributed by atoms with Crippen LogP contribution < -0.4 is 4.90 Å². The number of allylic oxidation sites excluding steroid dienone is 1. The Morgan fingerprint density at radius 1 is 1.17 bits per heavy atom. The van der Waals surface area contributed by atoms with Gasteiger partial charge in [0.25, 0.3) is 5.89 Å². The maximum Gasteiger partial charge on any atom is 0.268 e. The van der Waals surface area contributed by atoms with Gasteiger partial charge in [-0.2, -0.15) is 4.98 Å². The van der Waals surface area contributed by atoms with E-state index in [1.165, 1.54) is 19.3 Å². The second kappa shape index (κ2) is 6.84. The summed E-state index contributed by atoms with van der Waals surface area (Å²) in [4.78, 5) is 12.3. The predicted molar refractivity (Wildman–Crippen MR) is 94.6 cm³/mol. The minimum atomic E-state index is 0.521. The molecule has 2 aliphatic heterocycles. The van der Waals surface area contributed by atoms with Gasteiger partial charge in [-0.1, -0.05) is 5.16 Å². The van der Waals surface area contributed by atoms with E-state index in [0.29, 0.717) is 11.7 Å². The Hall–Kier alpha value is -2.02. The molecule has 0 saturated carbocycles. The number of thioether (sulfide) groups is 1. The van der Waals surface area contributed by atoms with Gasteiger partial charge in [-0.15, -0.1) is 11.8 Å². The van der Waals surface area contributed by atoms with E-state index in [9.17, 15) is 0 Å². The molecule has 1 fully saturated rings. The molecule has 0 unspecified atom stereocenters. The molecule has 0 bridgehead atoms. The van der Waals surface area contributed by atoms with Crippen LogP contribution in [0, 0.1) is 0 Å². The summed E-state index contributed by atoms with van der Waals surface area (Å²) in [6.07, 6.45) is 5.62. The van der Waals surface area contributed by atoms with Crippen molar-refractivity contribution in [3.05, 3.63) is 30.0 Å². The fourth-order valence-electron chi connectivity index (χ4n) is 2.98. The van der Waals surface area contributed by atoms with Crippen molar-refractivity contribution in [3.63, 3.8) is 0 Å². The van der Waals surface area contributed by atoms with Gasteiger partial charge < -0.3 is 14.2 Å². The minimum Gasteiger partial charge on any atom is -0.496 e. The molecule has 1 saturated heterocycles. The fourth-order valence-corrected chi connectivity index (χ4v) is 3.82. The van der Waals surface area contributed by atoms with Gasteiger partial charge in [-0.25, -0.2) is 4.98 Å². The molecule has 0 N–H and O–H groups in total. The van der Waals surface area contributed by atoms with Gasteiger partial charge in [0.15, 0.2) is 0 Å². The van der Waals surface area contributed by atoms with Gasteiger partial charge in [0.1, 0.15) is 16.5 Å². The number of pyridine rings is 1. The predicted octanol–water partition coefficient (Wildman–Crippen LogP) is 3.57. The lowest BCUT2D eigenvalue weighted by Crippen LogP contribution is -2.29. The first-order chi connectivity index (χ1) is 11.8. The second-order valence-corrected chi connectivity index (χ2v) is 7.06. The largest absolute Gasteiger partial charge is 0.496 e. The van der Waals surface area contributed by atoms with Crippen molar-refractivity contribution in [2.75, 3.05) is 30.3 Å². The molecule has 7 heteroatoms. The lowest BCUT2D eigenvalue weighted by Gasteiger charge is -2.27. The Morgan fingerprint density at radius 3 is 2.79 bits per heavy atom. The molecule has 24 heavy (non-hydrogen) atoms. The highest BCUT2D eigenvalue weighted by molar-refractivity contribution is 8.08. The molecular formula is C17H20N4O2S. The van der Waals surface area contributed by atoms with E-state index in [1.54, 1.807) is 11.8 Å².